The Morgan fingerprint density at radius 1 is 0.636 bits per heavy atom. The van der Waals surface area contributed by atoms with Crippen molar-refractivity contribution in [2.75, 3.05) is 20.3 Å². The number of hydroxylamine groups is 2. The van der Waals surface area contributed by atoms with Gasteiger partial charge in [0.15, 0.2) is 0 Å². The number of benzene rings is 6. The Morgan fingerprint density at radius 3 is 1.74 bits per heavy atom. The van der Waals surface area contributed by atoms with Gasteiger partial charge in [0, 0.05) is 25.2 Å². The van der Waals surface area contributed by atoms with Crippen molar-refractivity contribution in [1.29, 1.82) is 0 Å². The molecule has 3 N–H and O–H groups in total. The summed E-state index contributed by atoms with van der Waals surface area (Å²) in [4.78, 5) is 72.3. The summed E-state index contributed by atoms with van der Waals surface area (Å²) < 4.78 is 11.3. The van der Waals surface area contributed by atoms with Gasteiger partial charge in [0.2, 0.25) is 5.91 Å². The smallest absolute Gasteiger partial charge is 0.407 e. The first-order chi connectivity index (χ1) is 32.2. The van der Waals surface area contributed by atoms with Gasteiger partial charge in [-0.15, -0.1) is 5.06 Å². The molecule has 66 heavy (non-hydrogen) atoms. The second-order valence-corrected chi connectivity index (χ2v) is 16.4. The highest BCUT2D eigenvalue weighted by Gasteiger charge is 2.38. The average Bonchev–Trinajstić information content (AvgIpc) is 3.86. The molecule has 1 unspecified atom stereocenters. The van der Waals surface area contributed by atoms with Crippen LogP contribution in [0.15, 0.2) is 164 Å². The summed E-state index contributed by atoms with van der Waals surface area (Å²) >= 11 is 0. The minimum Gasteiger partial charge on any atom is -0.497 e. The van der Waals surface area contributed by atoms with Gasteiger partial charge in [0.1, 0.15) is 24.4 Å². The topological polar surface area (TPSA) is 152 Å². The molecule has 2 aliphatic rings. The third-order valence-corrected chi connectivity index (χ3v) is 12.3. The number of nitrogens with one attached hydrogen (secondary N) is 3. The Morgan fingerprint density at radius 2 is 1.17 bits per heavy atom. The zero-order valence-corrected chi connectivity index (χ0v) is 36.7. The molecule has 1 aliphatic carbocycles. The van der Waals surface area contributed by atoms with Crippen LogP contribution in [-0.4, -0.2) is 67.2 Å². The Labute approximate surface area is 384 Å². The molecule has 0 aromatic heterocycles. The minimum absolute atomic E-state index is 0.0364. The molecule has 336 valence electrons. The van der Waals surface area contributed by atoms with E-state index in [2.05, 4.69) is 40.2 Å². The van der Waals surface area contributed by atoms with Gasteiger partial charge in [-0.25, -0.2) is 9.59 Å². The molecule has 8 rings (SSSR count). The summed E-state index contributed by atoms with van der Waals surface area (Å²) in [5.41, 5.74) is 7.26. The van der Waals surface area contributed by atoms with Gasteiger partial charge in [0.05, 0.1) is 12.6 Å². The van der Waals surface area contributed by atoms with Crippen LogP contribution in [0.5, 0.6) is 5.75 Å². The summed E-state index contributed by atoms with van der Waals surface area (Å²) in [6.45, 7) is 0.517. The van der Waals surface area contributed by atoms with E-state index < -0.39 is 47.4 Å². The number of unbranched alkanes of at least 4 members (excludes halogenated alkanes) is 1. The molecule has 1 saturated heterocycles. The number of hydrogen-bond donors (Lipinski definition) is 3. The van der Waals surface area contributed by atoms with Crippen molar-refractivity contribution in [3.05, 3.63) is 197 Å². The first kappa shape index (κ1) is 45.0. The minimum atomic E-state index is -1.28. The predicted octanol–water partition coefficient (Wildman–Crippen LogP) is 7.99. The van der Waals surface area contributed by atoms with Gasteiger partial charge in [-0.1, -0.05) is 152 Å². The SMILES string of the molecule is COc1ccc(C(NCCCCC(NC(=O)[C@H](Cc2ccccc2)NC(=O)OCC2c3ccccc3-c3ccccc32)C(=O)ON2C(=O)CCC2=O)(c2ccccc2)c2ccccc2)cc1. The third kappa shape index (κ3) is 10.0. The standard InChI is InChI=1S/C54H52N4O8/c1-64-41-30-28-40(29-31-41)54(38-19-7-3-8-20-38,39-21-9-4-10-22-39)55-34-16-15-27-47(52(62)66-58-49(59)32-33-50(58)60)56-51(61)48(35-37-17-5-2-6-18-37)57-53(63)65-36-46-44-25-13-11-23-42(44)43-24-12-14-26-45(43)46/h2-14,17-26,28-31,46-48,55H,15-16,27,32-36H2,1H3,(H,56,61)(H,57,63)/t47?,48-/m0/s1. The lowest BCUT2D eigenvalue weighted by molar-refractivity contribution is -0.199. The summed E-state index contributed by atoms with van der Waals surface area (Å²) in [6.07, 6.45) is 0.164. The molecule has 0 saturated carbocycles. The fourth-order valence-electron chi connectivity index (χ4n) is 8.95. The lowest BCUT2D eigenvalue weighted by Gasteiger charge is -2.37. The van der Waals surface area contributed by atoms with Gasteiger partial charge in [-0.3, -0.25) is 19.7 Å². The molecule has 0 spiro atoms. The summed E-state index contributed by atoms with van der Waals surface area (Å²) in [5.74, 6) is -2.39. The van der Waals surface area contributed by atoms with Crippen LogP contribution in [0, 0.1) is 0 Å². The quantitative estimate of drug-likeness (QED) is 0.0418. The molecule has 12 nitrogen and oxygen atoms in total. The van der Waals surface area contributed by atoms with Crippen molar-refractivity contribution in [2.45, 2.75) is 62.1 Å². The maximum atomic E-state index is 14.3. The number of fused-ring (bicyclic) bond motifs is 3. The molecule has 6 aromatic carbocycles. The number of imide groups is 1. The lowest BCUT2D eigenvalue weighted by atomic mass is 9.77. The number of carbonyl (C=O) groups excluding carboxylic acids is 5. The second-order valence-electron chi connectivity index (χ2n) is 16.4. The highest BCUT2D eigenvalue weighted by Crippen LogP contribution is 2.44. The van der Waals surface area contributed by atoms with Crippen molar-refractivity contribution >= 4 is 29.8 Å². The van der Waals surface area contributed by atoms with Crippen LogP contribution in [0.3, 0.4) is 0 Å². The zero-order chi connectivity index (χ0) is 45.9. The van der Waals surface area contributed by atoms with Crippen LogP contribution >= 0.6 is 0 Å². The van der Waals surface area contributed by atoms with Crippen molar-refractivity contribution in [3.8, 4) is 16.9 Å². The van der Waals surface area contributed by atoms with Gasteiger partial charge < -0.3 is 24.9 Å². The van der Waals surface area contributed by atoms with Crippen molar-refractivity contribution in [3.63, 3.8) is 0 Å². The van der Waals surface area contributed by atoms with E-state index in [0.29, 0.717) is 24.4 Å². The number of carbonyl (C=O) groups is 5. The molecule has 1 heterocycles. The fraction of sp³-hybridized carbons (Fsp3) is 0.241. The number of nitrogens with zero attached hydrogens (tertiary/aromatic N) is 1. The van der Waals surface area contributed by atoms with Crippen LogP contribution in [0.1, 0.15) is 71.4 Å². The maximum Gasteiger partial charge on any atom is 0.407 e. The van der Waals surface area contributed by atoms with Crippen LogP contribution in [-0.2, 0) is 40.7 Å². The maximum absolute atomic E-state index is 14.3. The average molecular weight is 885 g/mol. The molecule has 0 radical (unpaired) electrons. The molecule has 1 aliphatic heterocycles. The van der Waals surface area contributed by atoms with Crippen LogP contribution in [0.25, 0.3) is 11.1 Å². The van der Waals surface area contributed by atoms with E-state index in [0.717, 1.165) is 50.3 Å². The zero-order valence-electron chi connectivity index (χ0n) is 36.7. The van der Waals surface area contributed by atoms with Gasteiger partial charge in [-0.05, 0) is 82.4 Å². The van der Waals surface area contributed by atoms with Crippen LogP contribution in [0.2, 0.25) is 0 Å². The Bertz CT molecular complexity index is 2540. The fourth-order valence-corrected chi connectivity index (χ4v) is 8.95. The summed E-state index contributed by atoms with van der Waals surface area (Å²) in [5, 5.41) is 9.87. The van der Waals surface area contributed by atoms with Crippen LogP contribution < -0.4 is 20.7 Å². The summed E-state index contributed by atoms with van der Waals surface area (Å²) in [6, 6.07) is 50.9. The van der Waals surface area contributed by atoms with Gasteiger partial charge >= 0.3 is 12.1 Å². The Kier molecular flexibility index (Phi) is 14.3. The Balaban J connectivity index is 0.990. The van der Waals surface area contributed by atoms with E-state index in [1.165, 1.54) is 0 Å². The highest BCUT2D eigenvalue weighted by molar-refractivity contribution is 6.02. The van der Waals surface area contributed by atoms with Crippen molar-refractivity contribution in [1.82, 2.24) is 21.0 Å². The number of rotatable bonds is 19. The molecule has 4 amide bonds. The third-order valence-electron chi connectivity index (χ3n) is 12.3. The molecule has 1 fully saturated rings. The van der Waals surface area contributed by atoms with Crippen molar-refractivity contribution in [2.24, 2.45) is 0 Å². The van der Waals surface area contributed by atoms with E-state index in [4.69, 9.17) is 14.3 Å². The van der Waals surface area contributed by atoms with E-state index in [-0.39, 0.29) is 38.2 Å². The number of amides is 4. The van der Waals surface area contributed by atoms with E-state index in [9.17, 15) is 24.0 Å². The number of hydrogen-bond acceptors (Lipinski definition) is 9. The summed E-state index contributed by atoms with van der Waals surface area (Å²) in [7, 11) is 1.63. The van der Waals surface area contributed by atoms with Gasteiger partial charge in [0.25, 0.3) is 11.8 Å². The van der Waals surface area contributed by atoms with Gasteiger partial charge in [-0.2, -0.15) is 0 Å². The van der Waals surface area contributed by atoms with Crippen molar-refractivity contribution < 1.29 is 38.3 Å². The predicted molar refractivity (Wildman–Crippen MR) is 249 cm³/mol. The molecule has 6 aromatic rings. The largest absolute Gasteiger partial charge is 0.497 e. The molecular formula is C54H52N4O8. The number of alkyl carbamates (subject to hydrolysis) is 1. The first-order valence-electron chi connectivity index (χ1n) is 22.3. The Hall–Kier alpha value is -7.57. The number of ether oxygens (including phenoxy) is 2. The highest BCUT2D eigenvalue weighted by atomic mass is 16.7. The first-order valence-corrected chi connectivity index (χ1v) is 22.3. The monoisotopic (exact) mass is 884 g/mol. The molecule has 12 heteroatoms. The van der Waals surface area contributed by atoms with E-state index in [1.807, 2.05) is 140 Å². The molecular weight excluding hydrogens is 833 g/mol. The van der Waals surface area contributed by atoms with Crippen LogP contribution in [0.4, 0.5) is 4.79 Å². The molecule has 2 atom stereocenters. The molecule has 0 bridgehead atoms. The second kappa shape index (κ2) is 21.0. The number of methoxy groups -OCH3 is 1. The normalized spacial score (nSPS) is 14.2. The van der Waals surface area contributed by atoms with E-state index >= 15 is 0 Å². The lowest BCUT2D eigenvalue weighted by Crippen LogP contribution is -2.53. The van der Waals surface area contributed by atoms with E-state index in [1.54, 1.807) is 7.11 Å².